The number of nitrogens with one attached hydrogen (secondary N) is 3. The molecular formula is C25H38N3O7S2-. The highest BCUT2D eigenvalue weighted by atomic mass is 32.2. The molecule has 4 atom stereocenters. The summed E-state index contributed by atoms with van der Waals surface area (Å²) in [5, 5.41) is 18.9. The molecule has 1 aliphatic carbocycles. The Balaban J connectivity index is 2.10. The number of carbonyl (C=O) groups excluding carboxylic acids is 3. The number of rotatable bonds is 11. The minimum absolute atomic E-state index is 0.0612. The highest BCUT2D eigenvalue weighted by Crippen LogP contribution is 2.30. The van der Waals surface area contributed by atoms with E-state index in [1.54, 1.807) is 20.8 Å². The lowest BCUT2D eigenvalue weighted by Crippen LogP contribution is -2.56. The van der Waals surface area contributed by atoms with Crippen molar-refractivity contribution < 1.29 is 32.6 Å². The Hall–Kier alpha value is -2.47. The SMILES string of the molecule is CSCCC(NC(=O)OCc1ccccc1)C(=O)NC1CCC(NC(=O)[O-])CC1CS(=O)(=O)C(C)(C)C. The topological polar surface area (TPSA) is 154 Å². The number of amides is 3. The van der Waals surface area contributed by atoms with Crippen molar-refractivity contribution >= 4 is 39.7 Å². The molecule has 1 aliphatic rings. The number of carbonyl (C=O) groups is 3. The van der Waals surface area contributed by atoms with Gasteiger partial charge in [0.25, 0.3) is 0 Å². The van der Waals surface area contributed by atoms with Crippen LogP contribution in [0.25, 0.3) is 0 Å². The van der Waals surface area contributed by atoms with Gasteiger partial charge in [0.15, 0.2) is 9.84 Å². The quantitative estimate of drug-likeness (QED) is 0.373. The fraction of sp³-hybridized carbons (Fsp3) is 0.640. The molecule has 0 aliphatic heterocycles. The van der Waals surface area contributed by atoms with Crippen molar-refractivity contribution in [3.05, 3.63) is 35.9 Å². The van der Waals surface area contributed by atoms with Gasteiger partial charge in [-0.2, -0.15) is 11.8 Å². The molecule has 37 heavy (non-hydrogen) atoms. The van der Waals surface area contributed by atoms with Crippen LogP contribution >= 0.6 is 11.8 Å². The maximum atomic E-state index is 13.2. The zero-order valence-corrected chi connectivity index (χ0v) is 23.5. The Morgan fingerprint density at radius 3 is 2.41 bits per heavy atom. The highest BCUT2D eigenvalue weighted by molar-refractivity contribution is 7.98. The van der Waals surface area contributed by atoms with E-state index in [9.17, 15) is 27.9 Å². The van der Waals surface area contributed by atoms with Crippen molar-refractivity contribution in [1.82, 2.24) is 16.0 Å². The minimum Gasteiger partial charge on any atom is -0.530 e. The van der Waals surface area contributed by atoms with Crippen LogP contribution in [-0.4, -0.2) is 67.1 Å². The predicted molar refractivity (Wildman–Crippen MR) is 142 cm³/mol. The van der Waals surface area contributed by atoms with Crippen LogP contribution in [0.2, 0.25) is 0 Å². The maximum Gasteiger partial charge on any atom is 0.408 e. The van der Waals surface area contributed by atoms with Gasteiger partial charge in [0.1, 0.15) is 18.7 Å². The molecule has 1 aromatic carbocycles. The summed E-state index contributed by atoms with van der Waals surface area (Å²) in [6.45, 7) is 4.89. The van der Waals surface area contributed by atoms with Gasteiger partial charge in [-0.25, -0.2) is 13.2 Å². The lowest BCUT2D eigenvalue weighted by atomic mass is 9.82. The van der Waals surface area contributed by atoms with Crippen molar-refractivity contribution in [2.75, 3.05) is 17.8 Å². The van der Waals surface area contributed by atoms with E-state index in [-0.39, 0.29) is 18.8 Å². The molecule has 0 saturated heterocycles. The van der Waals surface area contributed by atoms with Crippen LogP contribution in [0.3, 0.4) is 0 Å². The summed E-state index contributed by atoms with van der Waals surface area (Å²) in [4.78, 5) is 36.7. The Labute approximate surface area is 223 Å². The van der Waals surface area contributed by atoms with Crippen LogP contribution in [0.4, 0.5) is 9.59 Å². The zero-order chi connectivity index (χ0) is 27.6. The van der Waals surface area contributed by atoms with E-state index in [0.717, 1.165) is 5.56 Å². The number of benzene rings is 1. The summed E-state index contributed by atoms with van der Waals surface area (Å²) in [7, 11) is -3.54. The number of carboxylic acid groups (broad SMARTS) is 1. The van der Waals surface area contributed by atoms with E-state index >= 15 is 0 Å². The van der Waals surface area contributed by atoms with E-state index in [1.165, 1.54) is 11.8 Å². The average molecular weight is 557 g/mol. The molecule has 3 N–H and O–H groups in total. The zero-order valence-electron chi connectivity index (χ0n) is 21.8. The number of alkyl carbamates (subject to hydrolysis) is 1. The summed E-state index contributed by atoms with van der Waals surface area (Å²) in [5.74, 6) is -0.527. The predicted octanol–water partition coefficient (Wildman–Crippen LogP) is 1.83. The van der Waals surface area contributed by atoms with Crippen molar-refractivity contribution in [2.45, 2.75) is 75.9 Å². The molecule has 0 spiro atoms. The second-order valence-electron chi connectivity index (χ2n) is 10.3. The van der Waals surface area contributed by atoms with E-state index in [4.69, 9.17) is 4.74 Å². The Morgan fingerprint density at radius 1 is 1.14 bits per heavy atom. The molecule has 0 aromatic heterocycles. The third-order valence-electron chi connectivity index (χ3n) is 6.43. The maximum absolute atomic E-state index is 13.2. The minimum atomic E-state index is -3.54. The number of ether oxygens (including phenoxy) is 1. The molecule has 3 amide bonds. The van der Waals surface area contributed by atoms with Gasteiger partial charge in [-0.05, 0) is 69.9 Å². The molecule has 10 nitrogen and oxygen atoms in total. The smallest absolute Gasteiger partial charge is 0.408 e. The van der Waals surface area contributed by atoms with Gasteiger partial charge in [0.2, 0.25) is 5.91 Å². The van der Waals surface area contributed by atoms with E-state index in [0.29, 0.717) is 25.0 Å². The van der Waals surface area contributed by atoms with Gasteiger partial charge in [0.05, 0.1) is 10.5 Å². The second-order valence-corrected chi connectivity index (χ2v) is 14.0. The highest BCUT2D eigenvalue weighted by Gasteiger charge is 2.39. The summed E-state index contributed by atoms with van der Waals surface area (Å²) >= 11 is 1.53. The fourth-order valence-electron chi connectivity index (χ4n) is 4.16. The van der Waals surface area contributed by atoms with Gasteiger partial charge < -0.3 is 30.6 Å². The molecule has 12 heteroatoms. The normalized spacial score (nSPS) is 20.9. The largest absolute Gasteiger partial charge is 0.530 e. The van der Waals surface area contributed by atoms with Crippen LogP contribution in [-0.2, 0) is 26.0 Å². The standard InChI is InChI=1S/C25H39N3O7S2/c1-25(2,3)37(33,34)16-18-14-19(26-23(30)31)10-11-20(18)27-22(29)21(12-13-36-4)28-24(32)35-15-17-8-6-5-7-9-17/h5-9,18-21,26H,10-16H2,1-4H3,(H,27,29)(H,28,32)(H,30,31)/p-1. The number of hydrogen-bond acceptors (Lipinski definition) is 8. The van der Waals surface area contributed by atoms with Crippen molar-refractivity contribution in [2.24, 2.45) is 5.92 Å². The molecular weight excluding hydrogens is 518 g/mol. The Morgan fingerprint density at radius 2 is 1.81 bits per heavy atom. The summed E-state index contributed by atoms with van der Waals surface area (Å²) in [5.41, 5.74) is 0.813. The van der Waals surface area contributed by atoms with Gasteiger partial charge in [-0.3, -0.25) is 4.79 Å². The van der Waals surface area contributed by atoms with Gasteiger partial charge in [0, 0.05) is 12.1 Å². The Kier molecular flexibility index (Phi) is 11.5. The summed E-state index contributed by atoms with van der Waals surface area (Å²) in [6, 6.07) is 7.34. The first-order valence-corrected chi connectivity index (χ1v) is 15.3. The summed E-state index contributed by atoms with van der Waals surface area (Å²) < 4.78 is 30.2. The Bertz CT molecular complexity index is 1010. The van der Waals surface area contributed by atoms with Crippen LogP contribution < -0.4 is 21.1 Å². The van der Waals surface area contributed by atoms with E-state index < -0.39 is 56.7 Å². The second kappa shape index (κ2) is 13.9. The molecule has 0 radical (unpaired) electrons. The fourth-order valence-corrected chi connectivity index (χ4v) is 6.07. The van der Waals surface area contributed by atoms with E-state index in [1.807, 2.05) is 36.6 Å². The molecule has 208 valence electrons. The first kappa shape index (κ1) is 30.8. The third kappa shape index (κ3) is 10.1. The molecule has 4 unspecified atom stereocenters. The molecule has 0 bridgehead atoms. The van der Waals surface area contributed by atoms with Crippen molar-refractivity contribution in [1.29, 1.82) is 0 Å². The van der Waals surface area contributed by atoms with Crippen LogP contribution in [0.5, 0.6) is 0 Å². The third-order valence-corrected chi connectivity index (χ3v) is 9.81. The summed E-state index contributed by atoms with van der Waals surface area (Å²) in [6.07, 6.45) is 1.17. The van der Waals surface area contributed by atoms with Gasteiger partial charge in [-0.1, -0.05) is 30.3 Å². The van der Waals surface area contributed by atoms with Crippen LogP contribution in [0.15, 0.2) is 30.3 Å². The number of thioether (sulfide) groups is 1. The first-order valence-electron chi connectivity index (χ1n) is 12.3. The monoisotopic (exact) mass is 556 g/mol. The van der Waals surface area contributed by atoms with Crippen molar-refractivity contribution in [3.63, 3.8) is 0 Å². The average Bonchev–Trinajstić information content (AvgIpc) is 2.81. The van der Waals surface area contributed by atoms with Gasteiger partial charge >= 0.3 is 6.09 Å². The van der Waals surface area contributed by atoms with E-state index in [2.05, 4.69) is 16.0 Å². The number of hydrogen-bond donors (Lipinski definition) is 3. The first-order chi connectivity index (χ1) is 17.3. The van der Waals surface area contributed by atoms with Crippen LogP contribution in [0.1, 0.15) is 52.0 Å². The molecule has 2 rings (SSSR count). The molecule has 0 heterocycles. The number of sulfone groups is 1. The molecule has 1 saturated carbocycles. The molecule has 1 aromatic rings. The van der Waals surface area contributed by atoms with Crippen molar-refractivity contribution in [3.8, 4) is 0 Å². The lowest BCUT2D eigenvalue weighted by molar-refractivity contribution is -0.252. The molecule has 1 fully saturated rings. The lowest BCUT2D eigenvalue weighted by Gasteiger charge is -2.38. The van der Waals surface area contributed by atoms with Crippen LogP contribution in [0, 0.1) is 5.92 Å². The van der Waals surface area contributed by atoms with Gasteiger partial charge in [-0.15, -0.1) is 0 Å².